The normalized spacial score (nSPS) is 9.36. The molecule has 6 heteroatoms. The molecule has 0 saturated heterocycles. The van der Waals surface area contributed by atoms with Crippen LogP contribution in [-0.2, 0) is 0 Å². The van der Waals surface area contributed by atoms with Gasteiger partial charge in [-0.3, -0.25) is 5.41 Å². The molecule has 0 unspecified atom stereocenters. The van der Waals surface area contributed by atoms with Crippen LogP contribution in [0, 0.1) is 5.41 Å². The third-order valence-corrected chi connectivity index (χ3v) is 1.26. The van der Waals surface area contributed by atoms with Crippen LogP contribution in [0.5, 0.6) is 5.88 Å². The van der Waals surface area contributed by atoms with Crippen molar-refractivity contribution in [1.82, 2.24) is 9.97 Å². The summed E-state index contributed by atoms with van der Waals surface area (Å²) >= 11 is 0. The maximum absolute atomic E-state index is 7.08. The second kappa shape index (κ2) is 5.95. The van der Waals surface area contributed by atoms with Crippen molar-refractivity contribution in [3.05, 3.63) is 18.1 Å². The molecule has 0 aromatic carbocycles. The molecule has 0 fully saturated rings. The van der Waals surface area contributed by atoms with Crippen LogP contribution in [0.3, 0.4) is 0 Å². The van der Waals surface area contributed by atoms with Crippen LogP contribution in [0.4, 0.5) is 0 Å². The summed E-state index contributed by atoms with van der Waals surface area (Å²) in [6, 6.07) is 0. The first kappa shape index (κ1) is 13.4. The molecule has 0 amide bonds. The van der Waals surface area contributed by atoms with Crippen LogP contribution in [0.15, 0.2) is 12.4 Å². The standard InChI is InChI=1S/C8H12N4O.Na.H/c1-5(2)13-7-4-11-6(3-12-7)8(9)10;;/h3-5H,1-2H3,(H3,9,10);;/q;+1;-1. The predicted octanol–water partition coefficient (Wildman–Crippen LogP) is -2.34. The van der Waals surface area contributed by atoms with Crippen LogP contribution in [-0.4, -0.2) is 21.9 Å². The maximum Gasteiger partial charge on any atom is 1.00 e. The summed E-state index contributed by atoms with van der Waals surface area (Å²) in [5, 5.41) is 7.08. The van der Waals surface area contributed by atoms with E-state index < -0.39 is 0 Å². The van der Waals surface area contributed by atoms with Crippen LogP contribution in [0.1, 0.15) is 21.0 Å². The van der Waals surface area contributed by atoms with Crippen LogP contribution >= 0.6 is 0 Å². The topological polar surface area (TPSA) is 84.9 Å². The first-order chi connectivity index (χ1) is 6.09. The molecule has 1 heterocycles. The van der Waals surface area contributed by atoms with Crippen LogP contribution in [0.25, 0.3) is 0 Å². The molecule has 1 aromatic rings. The molecule has 0 saturated carbocycles. The zero-order chi connectivity index (χ0) is 9.84. The van der Waals surface area contributed by atoms with Gasteiger partial charge in [-0.25, -0.2) is 9.97 Å². The number of amidine groups is 1. The van der Waals surface area contributed by atoms with E-state index in [2.05, 4.69) is 9.97 Å². The molecule has 0 aliphatic rings. The van der Waals surface area contributed by atoms with E-state index in [1.54, 1.807) is 0 Å². The van der Waals surface area contributed by atoms with Gasteiger partial charge in [-0.1, -0.05) is 0 Å². The number of hydrogen-bond donors (Lipinski definition) is 2. The molecule has 14 heavy (non-hydrogen) atoms. The molecule has 1 rings (SSSR count). The zero-order valence-electron chi connectivity index (χ0n) is 9.61. The van der Waals surface area contributed by atoms with E-state index in [1.807, 2.05) is 13.8 Å². The Labute approximate surface area is 106 Å². The van der Waals surface area contributed by atoms with Gasteiger partial charge in [0.25, 0.3) is 0 Å². The van der Waals surface area contributed by atoms with Crippen molar-refractivity contribution in [3.8, 4) is 5.88 Å². The number of nitrogen functional groups attached to an aromatic ring is 1. The van der Waals surface area contributed by atoms with E-state index in [0.29, 0.717) is 11.6 Å². The smallest absolute Gasteiger partial charge is 1.00 e. The Balaban J connectivity index is 0. The van der Waals surface area contributed by atoms with Gasteiger partial charge >= 0.3 is 29.6 Å². The average molecular weight is 204 g/mol. The second-order valence-electron chi connectivity index (χ2n) is 2.82. The Morgan fingerprint density at radius 1 is 1.50 bits per heavy atom. The fourth-order valence-corrected chi connectivity index (χ4v) is 0.758. The van der Waals surface area contributed by atoms with Crippen molar-refractivity contribution < 1.29 is 35.7 Å². The van der Waals surface area contributed by atoms with Gasteiger partial charge in [-0.2, -0.15) is 0 Å². The summed E-state index contributed by atoms with van der Waals surface area (Å²) in [7, 11) is 0. The Morgan fingerprint density at radius 2 is 2.14 bits per heavy atom. The van der Waals surface area contributed by atoms with E-state index in [0.717, 1.165) is 0 Å². The molecule has 0 atom stereocenters. The molecule has 0 aliphatic heterocycles. The minimum atomic E-state index is -0.0939. The van der Waals surface area contributed by atoms with Crippen molar-refractivity contribution >= 4 is 5.84 Å². The molecule has 0 spiro atoms. The third kappa shape index (κ3) is 4.04. The van der Waals surface area contributed by atoms with Crippen molar-refractivity contribution in [1.29, 1.82) is 5.41 Å². The molecule has 72 valence electrons. The summed E-state index contributed by atoms with van der Waals surface area (Å²) in [5.41, 5.74) is 5.56. The van der Waals surface area contributed by atoms with Gasteiger partial charge in [-0.05, 0) is 13.8 Å². The Morgan fingerprint density at radius 3 is 2.50 bits per heavy atom. The molecule has 0 radical (unpaired) electrons. The summed E-state index contributed by atoms with van der Waals surface area (Å²) in [6.45, 7) is 3.81. The van der Waals surface area contributed by atoms with Crippen molar-refractivity contribution in [3.63, 3.8) is 0 Å². The van der Waals surface area contributed by atoms with Gasteiger partial charge in [0, 0.05) is 0 Å². The zero-order valence-corrected chi connectivity index (χ0v) is 10.6. The summed E-state index contributed by atoms with van der Waals surface area (Å²) in [4.78, 5) is 7.83. The van der Waals surface area contributed by atoms with Gasteiger partial charge in [0.15, 0.2) is 0 Å². The number of rotatable bonds is 3. The van der Waals surface area contributed by atoms with Crippen LogP contribution in [0.2, 0.25) is 0 Å². The summed E-state index contributed by atoms with van der Waals surface area (Å²) in [6.07, 6.45) is 2.94. The SMILES string of the molecule is CC(C)Oc1cnc(C(=N)N)cn1.[H-].[Na+]. The molecular weight excluding hydrogens is 191 g/mol. The fraction of sp³-hybridized carbons (Fsp3) is 0.375. The van der Waals surface area contributed by atoms with Gasteiger partial charge < -0.3 is 11.9 Å². The molecule has 1 aromatic heterocycles. The largest absolute Gasteiger partial charge is 1.00 e. The number of aromatic nitrogens is 2. The quantitative estimate of drug-likeness (QED) is 0.328. The van der Waals surface area contributed by atoms with Crippen LogP contribution < -0.4 is 40.0 Å². The van der Waals surface area contributed by atoms with Gasteiger partial charge in [0.1, 0.15) is 11.5 Å². The predicted molar refractivity (Wildman–Crippen MR) is 49.9 cm³/mol. The van der Waals surface area contributed by atoms with Crippen molar-refractivity contribution in [2.75, 3.05) is 0 Å². The van der Waals surface area contributed by atoms with E-state index in [-0.39, 0.29) is 42.9 Å². The first-order valence-corrected chi connectivity index (χ1v) is 3.92. The number of nitrogens with one attached hydrogen (secondary N) is 1. The first-order valence-electron chi connectivity index (χ1n) is 3.92. The molecule has 5 nitrogen and oxygen atoms in total. The molecular formula is C8H13N4NaO. The van der Waals surface area contributed by atoms with E-state index in [4.69, 9.17) is 15.9 Å². The number of ether oxygens (including phenoxy) is 1. The summed E-state index contributed by atoms with van der Waals surface area (Å²) in [5.74, 6) is 0.351. The Kier molecular flexibility index (Phi) is 5.68. The molecule has 3 N–H and O–H groups in total. The monoisotopic (exact) mass is 204 g/mol. The van der Waals surface area contributed by atoms with Gasteiger partial charge in [0.2, 0.25) is 5.88 Å². The minimum absolute atomic E-state index is 0. The second-order valence-corrected chi connectivity index (χ2v) is 2.82. The third-order valence-electron chi connectivity index (χ3n) is 1.26. The Bertz CT molecular complexity index is 304. The number of hydrogen-bond acceptors (Lipinski definition) is 4. The van der Waals surface area contributed by atoms with Gasteiger partial charge in [-0.15, -0.1) is 0 Å². The average Bonchev–Trinajstić information content (AvgIpc) is 2.04. The summed E-state index contributed by atoms with van der Waals surface area (Å²) < 4.78 is 5.26. The van der Waals surface area contributed by atoms with Crippen molar-refractivity contribution in [2.45, 2.75) is 20.0 Å². The molecule has 0 aliphatic carbocycles. The Hall–Kier alpha value is -0.650. The number of nitrogens with two attached hydrogens (primary N) is 1. The van der Waals surface area contributed by atoms with E-state index in [9.17, 15) is 0 Å². The van der Waals surface area contributed by atoms with E-state index in [1.165, 1.54) is 12.4 Å². The van der Waals surface area contributed by atoms with E-state index >= 15 is 0 Å². The van der Waals surface area contributed by atoms with Gasteiger partial charge in [0.05, 0.1) is 18.5 Å². The maximum atomic E-state index is 7.08. The minimum Gasteiger partial charge on any atom is -1.00 e. The molecule has 0 bridgehead atoms. The number of nitrogens with zero attached hydrogens (tertiary/aromatic N) is 2. The fourth-order valence-electron chi connectivity index (χ4n) is 0.758. The van der Waals surface area contributed by atoms with Crippen molar-refractivity contribution in [2.24, 2.45) is 5.73 Å².